The molecule has 6 nitrogen and oxygen atoms in total. The van der Waals surface area contributed by atoms with E-state index >= 15 is 0 Å². The molecular formula is C22H27N3O3. The molecule has 1 unspecified atom stereocenters. The van der Waals surface area contributed by atoms with E-state index in [9.17, 15) is 4.79 Å². The van der Waals surface area contributed by atoms with Crippen LogP contribution in [0.5, 0.6) is 11.5 Å². The number of amides is 1. The van der Waals surface area contributed by atoms with Crippen molar-refractivity contribution in [2.45, 2.75) is 45.4 Å². The predicted molar refractivity (Wildman–Crippen MR) is 106 cm³/mol. The molecule has 1 N–H and O–H groups in total. The number of aryl methyl sites for hydroxylation is 2. The van der Waals surface area contributed by atoms with Crippen LogP contribution in [-0.2, 0) is 30.5 Å². The molecule has 28 heavy (non-hydrogen) atoms. The highest BCUT2D eigenvalue weighted by Crippen LogP contribution is 2.31. The van der Waals surface area contributed by atoms with Gasteiger partial charge in [0.15, 0.2) is 0 Å². The maximum Gasteiger partial charge on any atom is 0.226 e. The Morgan fingerprint density at radius 2 is 2.14 bits per heavy atom. The fourth-order valence-electron chi connectivity index (χ4n) is 4.05. The van der Waals surface area contributed by atoms with Crippen LogP contribution in [0.25, 0.3) is 0 Å². The van der Waals surface area contributed by atoms with Crippen LogP contribution in [0.1, 0.15) is 41.2 Å². The minimum absolute atomic E-state index is 0.0242. The molecule has 0 fully saturated rings. The topological polar surface area (TPSA) is 73.3 Å². The Bertz CT molecular complexity index is 882. The molecule has 148 valence electrons. The highest BCUT2D eigenvalue weighted by molar-refractivity contribution is 5.79. The van der Waals surface area contributed by atoms with Crippen molar-refractivity contribution in [1.82, 2.24) is 15.3 Å². The molecule has 1 amide bonds. The van der Waals surface area contributed by atoms with Gasteiger partial charge in [-0.2, -0.15) is 0 Å². The zero-order valence-corrected chi connectivity index (χ0v) is 16.6. The lowest BCUT2D eigenvalue weighted by Gasteiger charge is -2.25. The van der Waals surface area contributed by atoms with Crippen molar-refractivity contribution in [2.24, 2.45) is 5.92 Å². The van der Waals surface area contributed by atoms with Crippen molar-refractivity contribution in [3.8, 4) is 11.5 Å². The first-order chi connectivity index (χ1) is 13.6. The number of hydrogen-bond acceptors (Lipinski definition) is 5. The fraction of sp³-hybridized carbons (Fsp3) is 0.500. The summed E-state index contributed by atoms with van der Waals surface area (Å²) in [7, 11) is 1.63. The van der Waals surface area contributed by atoms with Gasteiger partial charge in [0.2, 0.25) is 5.91 Å². The highest BCUT2D eigenvalue weighted by Gasteiger charge is 2.26. The average molecular weight is 381 g/mol. The number of aromatic nitrogens is 2. The Labute approximate surface area is 165 Å². The molecule has 2 heterocycles. The summed E-state index contributed by atoms with van der Waals surface area (Å²) < 4.78 is 11.0. The molecule has 2 aliphatic rings. The third kappa shape index (κ3) is 3.96. The summed E-state index contributed by atoms with van der Waals surface area (Å²) in [6, 6.07) is 5.74. The van der Waals surface area contributed by atoms with Crippen LogP contribution in [0.4, 0.5) is 0 Å². The number of carbonyl (C=O) groups is 1. The Hall–Kier alpha value is -2.63. The molecule has 1 atom stereocenters. The Morgan fingerprint density at radius 1 is 1.29 bits per heavy atom. The molecule has 4 rings (SSSR count). The van der Waals surface area contributed by atoms with Gasteiger partial charge >= 0.3 is 0 Å². The number of ether oxygens (including phenoxy) is 2. The first-order valence-corrected chi connectivity index (χ1v) is 10.1. The summed E-state index contributed by atoms with van der Waals surface area (Å²) in [5, 5.41) is 3.03. The zero-order chi connectivity index (χ0) is 19.5. The van der Waals surface area contributed by atoms with E-state index < -0.39 is 0 Å². The average Bonchev–Trinajstić information content (AvgIpc) is 2.73. The summed E-state index contributed by atoms with van der Waals surface area (Å²) in [6.07, 6.45) is 5.90. The van der Waals surface area contributed by atoms with E-state index in [1.54, 1.807) is 7.11 Å². The summed E-state index contributed by atoms with van der Waals surface area (Å²) in [5.74, 6) is 2.25. The SMILES string of the molecule is COc1ccc2c(c1)OCC(C(=O)NCCc1nc(C)c3c(n1)CCCC3)C2. The quantitative estimate of drug-likeness (QED) is 0.862. The van der Waals surface area contributed by atoms with Crippen molar-refractivity contribution in [3.05, 3.63) is 46.5 Å². The van der Waals surface area contributed by atoms with E-state index in [1.165, 1.54) is 24.1 Å². The molecule has 1 aliphatic carbocycles. The van der Waals surface area contributed by atoms with Crippen molar-refractivity contribution >= 4 is 5.91 Å². The van der Waals surface area contributed by atoms with Gasteiger partial charge in [-0.1, -0.05) is 6.07 Å². The van der Waals surface area contributed by atoms with E-state index in [2.05, 4.69) is 17.2 Å². The lowest BCUT2D eigenvalue weighted by Crippen LogP contribution is -2.38. The number of hydrogen-bond donors (Lipinski definition) is 1. The number of methoxy groups -OCH3 is 1. The third-order valence-corrected chi connectivity index (χ3v) is 5.64. The second-order valence-corrected chi connectivity index (χ2v) is 7.58. The van der Waals surface area contributed by atoms with E-state index in [-0.39, 0.29) is 11.8 Å². The largest absolute Gasteiger partial charge is 0.497 e. The third-order valence-electron chi connectivity index (χ3n) is 5.64. The fourth-order valence-corrected chi connectivity index (χ4v) is 4.05. The molecular weight excluding hydrogens is 354 g/mol. The van der Waals surface area contributed by atoms with Gasteiger partial charge in [0, 0.05) is 30.4 Å². The molecule has 0 radical (unpaired) electrons. The number of carbonyl (C=O) groups excluding carboxylic acids is 1. The number of nitrogens with one attached hydrogen (secondary N) is 1. The van der Waals surface area contributed by atoms with Crippen LogP contribution in [-0.4, -0.2) is 36.1 Å². The van der Waals surface area contributed by atoms with Crippen molar-refractivity contribution in [3.63, 3.8) is 0 Å². The molecule has 1 aromatic carbocycles. The van der Waals surface area contributed by atoms with E-state index in [0.717, 1.165) is 41.4 Å². The van der Waals surface area contributed by atoms with Crippen LogP contribution in [0.2, 0.25) is 0 Å². The van der Waals surface area contributed by atoms with Gasteiger partial charge in [0.1, 0.15) is 23.9 Å². The standard InChI is InChI=1S/C22H27N3O3/c1-14-18-5-3-4-6-19(18)25-21(24-14)9-10-23-22(26)16-11-15-7-8-17(27-2)12-20(15)28-13-16/h7-8,12,16H,3-6,9-11,13H2,1-2H3,(H,23,26). The minimum atomic E-state index is -0.174. The molecule has 1 aromatic heterocycles. The molecule has 2 aromatic rings. The van der Waals surface area contributed by atoms with E-state index in [0.29, 0.717) is 26.0 Å². The normalized spacial score (nSPS) is 17.9. The van der Waals surface area contributed by atoms with Gasteiger partial charge in [0.05, 0.1) is 13.0 Å². The van der Waals surface area contributed by atoms with Crippen molar-refractivity contribution < 1.29 is 14.3 Å². The Kier molecular flexibility index (Phi) is 5.46. The van der Waals surface area contributed by atoms with Crippen molar-refractivity contribution in [2.75, 3.05) is 20.3 Å². The van der Waals surface area contributed by atoms with Gasteiger partial charge in [-0.05, 0) is 56.2 Å². The summed E-state index contributed by atoms with van der Waals surface area (Å²) in [6.45, 7) is 3.00. The van der Waals surface area contributed by atoms with Gasteiger partial charge in [-0.3, -0.25) is 4.79 Å². The molecule has 0 spiro atoms. The lowest BCUT2D eigenvalue weighted by molar-refractivity contribution is -0.126. The monoisotopic (exact) mass is 381 g/mol. The van der Waals surface area contributed by atoms with Crippen molar-refractivity contribution in [1.29, 1.82) is 0 Å². The Balaban J connectivity index is 1.32. The summed E-state index contributed by atoms with van der Waals surface area (Å²) >= 11 is 0. The number of nitrogens with zero attached hydrogens (tertiary/aromatic N) is 2. The number of benzene rings is 1. The minimum Gasteiger partial charge on any atom is -0.497 e. The predicted octanol–water partition coefficient (Wildman–Crippen LogP) is 2.58. The first kappa shape index (κ1) is 18.7. The van der Waals surface area contributed by atoms with E-state index in [4.69, 9.17) is 14.5 Å². The van der Waals surface area contributed by atoms with Crippen LogP contribution < -0.4 is 14.8 Å². The number of fused-ring (bicyclic) bond motifs is 2. The summed E-state index contributed by atoms with van der Waals surface area (Å²) in [4.78, 5) is 21.9. The molecule has 0 saturated carbocycles. The van der Waals surface area contributed by atoms with Crippen LogP contribution in [0, 0.1) is 12.8 Å². The molecule has 0 bridgehead atoms. The molecule has 6 heteroatoms. The zero-order valence-electron chi connectivity index (χ0n) is 16.6. The van der Waals surface area contributed by atoms with Crippen LogP contribution >= 0.6 is 0 Å². The lowest BCUT2D eigenvalue weighted by atomic mass is 9.95. The second kappa shape index (κ2) is 8.17. The van der Waals surface area contributed by atoms with Crippen LogP contribution in [0.15, 0.2) is 18.2 Å². The van der Waals surface area contributed by atoms with Gasteiger partial charge in [-0.15, -0.1) is 0 Å². The van der Waals surface area contributed by atoms with Gasteiger partial charge < -0.3 is 14.8 Å². The molecule has 0 saturated heterocycles. The molecule has 1 aliphatic heterocycles. The maximum absolute atomic E-state index is 12.6. The second-order valence-electron chi connectivity index (χ2n) is 7.58. The summed E-state index contributed by atoms with van der Waals surface area (Å²) in [5.41, 5.74) is 4.67. The van der Waals surface area contributed by atoms with Gasteiger partial charge in [0.25, 0.3) is 0 Å². The maximum atomic E-state index is 12.6. The number of rotatable bonds is 5. The highest BCUT2D eigenvalue weighted by atomic mass is 16.5. The Morgan fingerprint density at radius 3 is 3.00 bits per heavy atom. The smallest absolute Gasteiger partial charge is 0.226 e. The van der Waals surface area contributed by atoms with Crippen LogP contribution in [0.3, 0.4) is 0 Å². The van der Waals surface area contributed by atoms with E-state index in [1.807, 2.05) is 18.2 Å². The van der Waals surface area contributed by atoms with Gasteiger partial charge in [-0.25, -0.2) is 9.97 Å². The first-order valence-electron chi connectivity index (χ1n) is 10.1.